The quantitative estimate of drug-likeness (QED) is 0.131. The predicted octanol–water partition coefficient (Wildman–Crippen LogP) is -8.21. The molecule has 0 aliphatic heterocycles. The van der Waals surface area contributed by atoms with Crippen molar-refractivity contribution < 1.29 is 75.7 Å². The first-order valence-corrected chi connectivity index (χ1v) is 8.21. The molecule has 12 N–H and O–H groups in total. The highest BCUT2D eigenvalue weighted by Gasteiger charge is 2.23. The van der Waals surface area contributed by atoms with Crippen LogP contribution in [0.15, 0.2) is 0 Å². The third-order valence-electron chi connectivity index (χ3n) is 3.11. The topological polar surface area (TPSA) is 294 Å². The van der Waals surface area contributed by atoms with Gasteiger partial charge in [0, 0.05) is 0 Å². The van der Waals surface area contributed by atoms with Crippen LogP contribution in [0.1, 0.15) is 0 Å². The second-order valence-electron chi connectivity index (χ2n) is 5.46. The van der Waals surface area contributed by atoms with Crippen LogP contribution in [0, 0.1) is 0 Å². The number of carbonyl (C=O) groups excluding carboxylic acids is 3. The molecule has 180 valence electrons. The number of aliphatic hydroxyl groups excluding tert-OH is 12. The van der Waals surface area contributed by atoms with Crippen LogP contribution in [0.3, 0.4) is 0 Å². The van der Waals surface area contributed by atoms with Gasteiger partial charge in [-0.15, -0.1) is 0 Å². The number of ketones is 3. The number of hydrogen-bond acceptors (Lipinski definition) is 15. The van der Waals surface area contributed by atoms with Crippen molar-refractivity contribution >= 4 is 17.3 Å². The molecule has 15 heteroatoms. The molecule has 0 saturated heterocycles. The van der Waals surface area contributed by atoms with Gasteiger partial charge in [0.1, 0.15) is 56.4 Å². The Morgan fingerprint density at radius 2 is 0.600 bits per heavy atom. The highest BCUT2D eigenvalue weighted by molar-refractivity contribution is 5.85. The highest BCUT2D eigenvalue weighted by atomic mass is 16.4. The van der Waals surface area contributed by atoms with Crippen molar-refractivity contribution in [3.8, 4) is 0 Å². The Labute approximate surface area is 170 Å². The number of Topliss-reactive ketones (excluding diaryl/α,β-unsaturated/α-hetero) is 3. The molecule has 0 radical (unpaired) electrons. The van der Waals surface area contributed by atoms with Gasteiger partial charge in [0.25, 0.3) is 0 Å². The molecule has 6 atom stereocenters. The van der Waals surface area contributed by atoms with Crippen molar-refractivity contribution in [2.45, 2.75) is 36.6 Å². The highest BCUT2D eigenvalue weighted by Crippen LogP contribution is 1.94. The average molecular weight is 450 g/mol. The second kappa shape index (κ2) is 19.5. The van der Waals surface area contributed by atoms with E-state index in [2.05, 4.69) is 0 Å². The molecule has 0 fully saturated rings. The molecule has 0 aromatic rings. The molecule has 0 aromatic heterocycles. The summed E-state index contributed by atoms with van der Waals surface area (Å²) in [5.74, 6) is -2.70. The second-order valence-corrected chi connectivity index (χ2v) is 5.46. The minimum atomic E-state index is -1.69. The summed E-state index contributed by atoms with van der Waals surface area (Å²) in [5.41, 5.74) is 0. The summed E-state index contributed by atoms with van der Waals surface area (Å²) in [6.07, 6.45) is -9.56. The molecule has 0 rings (SSSR count). The minimum Gasteiger partial charge on any atom is -0.394 e. The van der Waals surface area contributed by atoms with E-state index in [0.717, 1.165) is 0 Å². The van der Waals surface area contributed by atoms with Gasteiger partial charge in [-0.1, -0.05) is 0 Å². The standard InChI is InChI=1S/3C5H10O5/c3*6-1-3(8)5(10)4(9)2-7/h3*3,5-8,10H,1-2H2/t3-,5+;2*3-,5-/m110/s1. The molecule has 0 aliphatic carbocycles. The van der Waals surface area contributed by atoms with Crippen LogP contribution in [-0.2, 0) is 14.4 Å². The fraction of sp³-hybridized carbons (Fsp3) is 0.800. The van der Waals surface area contributed by atoms with Gasteiger partial charge in [0.2, 0.25) is 0 Å². The third-order valence-corrected chi connectivity index (χ3v) is 3.11. The summed E-state index contributed by atoms with van der Waals surface area (Å²) < 4.78 is 0. The van der Waals surface area contributed by atoms with Gasteiger partial charge in [0.05, 0.1) is 19.8 Å². The normalized spacial score (nSPS) is 16.4. The lowest BCUT2D eigenvalue weighted by Gasteiger charge is -2.11. The summed E-state index contributed by atoms with van der Waals surface area (Å²) in [5, 5.41) is 101. The zero-order chi connectivity index (χ0) is 24.4. The maximum Gasteiger partial charge on any atom is 0.189 e. The van der Waals surface area contributed by atoms with Crippen LogP contribution in [0.2, 0.25) is 0 Å². The van der Waals surface area contributed by atoms with Gasteiger partial charge in [-0.2, -0.15) is 0 Å². The Bertz CT molecular complexity index is 404. The van der Waals surface area contributed by atoms with E-state index < -0.39 is 93.6 Å². The molecule has 0 bridgehead atoms. The molecule has 30 heavy (non-hydrogen) atoms. The van der Waals surface area contributed by atoms with E-state index in [9.17, 15) is 14.4 Å². The zero-order valence-electron chi connectivity index (χ0n) is 15.8. The molecule has 0 unspecified atom stereocenters. The number of rotatable bonds is 12. The Morgan fingerprint density at radius 1 is 0.433 bits per heavy atom. The maximum absolute atomic E-state index is 10.3. The fourth-order valence-electron chi connectivity index (χ4n) is 1.22. The molecule has 0 aromatic carbocycles. The molecule has 0 saturated carbocycles. The van der Waals surface area contributed by atoms with Crippen LogP contribution in [0.4, 0.5) is 0 Å². The van der Waals surface area contributed by atoms with Crippen LogP contribution in [0.25, 0.3) is 0 Å². The lowest BCUT2D eigenvalue weighted by atomic mass is 10.1. The van der Waals surface area contributed by atoms with Crippen molar-refractivity contribution in [3.05, 3.63) is 0 Å². The van der Waals surface area contributed by atoms with E-state index >= 15 is 0 Å². The molecule has 0 spiro atoms. The molecule has 0 aliphatic rings. The van der Waals surface area contributed by atoms with Crippen LogP contribution in [0.5, 0.6) is 0 Å². The fourth-order valence-corrected chi connectivity index (χ4v) is 1.22. The van der Waals surface area contributed by atoms with E-state index in [4.69, 9.17) is 61.3 Å². The van der Waals surface area contributed by atoms with Gasteiger partial charge in [-0.3, -0.25) is 14.4 Å². The molecular formula is C15H30O15. The summed E-state index contributed by atoms with van der Waals surface area (Å²) in [6, 6.07) is 0. The monoisotopic (exact) mass is 450 g/mol. The number of hydrogen-bond donors (Lipinski definition) is 12. The van der Waals surface area contributed by atoms with Crippen molar-refractivity contribution in [2.24, 2.45) is 0 Å². The van der Waals surface area contributed by atoms with E-state index in [1.165, 1.54) is 0 Å². The van der Waals surface area contributed by atoms with E-state index in [1.54, 1.807) is 0 Å². The first kappa shape index (κ1) is 33.2. The van der Waals surface area contributed by atoms with Crippen molar-refractivity contribution in [1.29, 1.82) is 0 Å². The van der Waals surface area contributed by atoms with Crippen LogP contribution >= 0.6 is 0 Å². The van der Waals surface area contributed by atoms with Gasteiger partial charge in [0.15, 0.2) is 17.3 Å². The van der Waals surface area contributed by atoms with Gasteiger partial charge >= 0.3 is 0 Å². The maximum atomic E-state index is 10.3. The predicted molar refractivity (Wildman–Crippen MR) is 93.6 cm³/mol. The Balaban J connectivity index is -0.000000364. The zero-order valence-corrected chi connectivity index (χ0v) is 15.8. The van der Waals surface area contributed by atoms with Gasteiger partial charge in [-0.25, -0.2) is 0 Å². The Kier molecular flexibility index (Phi) is 21.6. The van der Waals surface area contributed by atoms with Crippen molar-refractivity contribution in [3.63, 3.8) is 0 Å². The third kappa shape index (κ3) is 14.5. The molecule has 0 heterocycles. The number of carbonyl (C=O) groups is 3. The summed E-state index contributed by atoms with van der Waals surface area (Å²) >= 11 is 0. The Hall–Kier alpha value is -1.47. The largest absolute Gasteiger partial charge is 0.394 e. The average Bonchev–Trinajstić information content (AvgIpc) is 2.79. The smallest absolute Gasteiger partial charge is 0.189 e. The summed E-state index contributed by atoms with van der Waals surface area (Å²) in [7, 11) is 0. The van der Waals surface area contributed by atoms with Gasteiger partial charge in [-0.05, 0) is 0 Å². The van der Waals surface area contributed by atoms with Crippen LogP contribution in [-0.4, -0.2) is 155 Å². The molecule has 0 amide bonds. The lowest BCUT2D eigenvalue weighted by Crippen LogP contribution is -2.37. The van der Waals surface area contributed by atoms with Crippen molar-refractivity contribution in [2.75, 3.05) is 39.6 Å². The Morgan fingerprint density at radius 3 is 0.700 bits per heavy atom. The van der Waals surface area contributed by atoms with Gasteiger partial charge < -0.3 is 61.3 Å². The van der Waals surface area contributed by atoms with E-state index in [1.807, 2.05) is 0 Å². The van der Waals surface area contributed by atoms with E-state index in [-0.39, 0.29) is 0 Å². The SMILES string of the molecule is O=C(CO)[C@@H](O)[C@@H](O)CO.O=C(CO)[C@@H](O)[C@H](O)CO.O=C(CO)[C@H](O)[C@H](O)CO. The summed E-state index contributed by atoms with van der Waals surface area (Å²) in [4.78, 5) is 31.0. The first-order chi connectivity index (χ1) is 13.9. The van der Waals surface area contributed by atoms with Crippen molar-refractivity contribution in [1.82, 2.24) is 0 Å². The minimum absolute atomic E-state index is 0.701. The van der Waals surface area contributed by atoms with E-state index in [0.29, 0.717) is 0 Å². The lowest BCUT2D eigenvalue weighted by molar-refractivity contribution is -0.137. The molecular weight excluding hydrogens is 420 g/mol. The number of aliphatic hydroxyl groups is 12. The first-order valence-electron chi connectivity index (χ1n) is 8.21. The van der Waals surface area contributed by atoms with Crippen LogP contribution < -0.4 is 0 Å². The molecule has 15 nitrogen and oxygen atoms in total. The summed E-state index contributed by atoms with van der Waals surface area (Å²) in [6.45, 7) is -4.61.